The molecule has 1 heterocycles. The van der Waals surface area contributed by atoms with Gasteiger partial charge >= 0.3 is 0 Å². The molecular weight excluding hydrogens is 194 g/mol. The van der Waals surface area contributed by atoms with Crippen LogP contribution in [0.2, 0.25) is 5.02 Å². The van der Waals surface area contributed by atoms with E-state index in [4.69, 9.17) is 11.6 Å². The van der Waals surface area contributed by atoms with Gasteiger partial charge < -0.3 is 5.21 Å². The van der Waals surface area contributed by atoms with E-state index < -0.39 is 0 Å². The molecule has 12 heavy (non-hydrogen) atoms. The molecule has 1 aromatic heterocycles. The molecule has 0 saturated heterocycles. The Kier molecular flexibility index (Phi) is 3.69. The molecule has 0 aliphatic carbocycles. The van der Waals surface area contributed by atoms with Gasteiger partial charge in [-0.15, -0.1) is 0 Å². The average Bonchev–Trinajstić information content (AvgIpc) is 2.07. The van der Waals surface area contributed by atoms with E-state index in [2.05, 4.69) is 6.92 Å². The molecular formula is C8H10ClNOS. The molecule has 0 N–H and O–H groups in total. The summed E-state index contributed by atoms with van der Waals surface area (Å²) in [7, 11) is 0. The van der Waals surface area contributed by atoms with Crippen LogP contribution in [0.15, 0.2) is 23.4 Å². The zero-order chi connectivity index (χ0) is 8.97. The Morgan fingerprint density at radius 3 is 3.08 bits per heavy atom. The Hall–Kier alpha value is -0.410. The summed E-state index contributed by atoms with van der Waals surface area (Å²) in [5.41, 5.74) is 0. The number of hydrogen-bond acceptors (Lipinski definition) is 2. The molecule has 0 aliphatic heterocycles. The van der Waals surface area contributed by atoms with Gasteiger partial charge in [0, 0.05) is 17.9 Å². The highest BCUT2D eigenvalue weighted by Crippen LogP contribution is 2.17. The molecule has 66 valence electrons. The number of hydrogen-bond donors (Lipinski definition) is 0. The Labute approximate surface area is 81.1 Å². The molecule has 0 bridgehead atoms. The van der Waals surface area contributed by atoms with Crippen molar-refractivity contribution in [2.45, 2.75) is 18.4 Å². The molecule has 0 fully saturated rings. The highest BCUT2D eigenvalue weighted by Gasteiger charge is 2.05. The first-order chi connectivity index (χ1) is 5.74. The van der Waals surface area contributed by atoms with Crippen LogP contribution < -0.4 is 4.73 Å². The molecule has 0 radical (unpaired) electrons. The van der Waals surface area contributed by atoms with Crippen molar-refractivity contribution in [2.24, 2.45) is 0 Å². The van der Waals surface area contributed by atoms with Crippen LogP contribution in [0.3, 0.4) is 0 Å². The van der Waals surface area contributed by atoms with E-state index >= 15 is 0 Å². The largest absolute Gasteiger partial charge is 0.618 e. The molecule has 0 unspecified atom stereocenters. The second-order valence-electron chi connectivity index (χ2n) is 2.36. The lowest BCUT2D eigenvalue weighted by Gasteiger charge is -2.02. The van der Waals surface area contributed by atoms with Crippen LogP contribution >= 0.6 is 23.4 Å². The minimum atomic E-state index is 0.612. The van der Waals surface area contributed by atoms with Gasteiger partial charge in [-0.1, -0.05) is 30.3 Å². The van der Waals surface area contributed by atoms with Gasteiger partial charge in [0.05, 0.1) is 5.02 Å². The van der Waals surface area contributed by atoms with E-state index in [1.54, 1.807) is 12.1 Å². The summed E-state index contributed by atoms with van der Waals surface area (Å²) in [5, 5.41) is 12.4. The van der Waals surface area contributed by atoms with Crippen molar-refractivity contribution < 1.29 is 4.73 Å². The Morgan fingerprint density at radius 1 is 1.67 bits per heavy atom. The highest BCUT2D eigenvalue weighted by atomic mass is 35.5. The highest BCUT2D eigenvalue weighted by molar-refractivity contribution is 7.99. The zero-order valence-corrected chi connectivity index (χ0v) is 8.36. The molecule has 0 saturated carbocycles. The van der Waals surface area contributed by atoms with E-state index in [0.29, 0.717) is 10.0 Å². The van der Waals surface area contributed by atoms with Crippen molar-refractivity contribution in [3.63, 3.8) is 0 Å². The van der Waals surface area contributed by atoms with Crippen LogP contribution in [0, 0.1) is 5.21 Å². The average molecular weight is 204 g/mol. The van der Waals surface area contributed by atoms with Crippen LogP contribution in [-0.2, 0) is 0 Å². The van der Waals surface area contributed by atoms with Gasteiger partial charge in [0.2, 0.25) is 0 Å². The van der Waals surface area contributed by atoms with E-state index in [1.807, 2.05) is 0 Å². The van der Waals surface area contributed by atoms with Gasteiger partial charge in [-0.25, -0.2) is 0 Å². The number of rotatable bonds is 3. The van der Waals surface area contributed by atoms with Crippen molar-refractivity contribution in [3.05, 3.63) is 28.6 Å². The molecule has 0 spiro atoms. The maximum atomic E-state index is 11.1. The van der Waals surface area contributed by atoms with Crippen LogP contribution in [0.5, 0.6) is 0 Å². The standard InChI is InChI=1S/C8H10ClNOS/c1-2-5-12-8-6-7(9)3-4-10(8)11/h3-4,6H,2,5H2,1H3. The Balaban J connectivity index is 2.75. The summed E-state index contributed by atoms with van der Waals surface area (Å²) in [6.45, 7) is 2.08. The topological polar surface area (TPSA) is 26.9 Å². The Morgan fingerprint density at radius 2 is 2.42 bits per heavy atom. The first-order valence-corrected chi connectivity index (χ1v) is 5.12. The molecule has 0 amide bonds. The van der Waals surface area contributed by atoms with Crippen molar-refractivity contribution in [1.29, 1.82) is 0 Å². The van der Waals surface area contributed by atoms with Gasteiger partial charge in [0.25, 0.3) is 5.03 Å². The summed E-state index contributed by atoms with van der Waals surface area (Å²) in [5.74, 6) is 0.947. The molecule has 2 nitrogen and oxygen atoms in total. The van der Waals surface area contributed by atoms with Gasteiger partial charge in [0.15, 0.2) is 6.20 Å². The minimum absolute atomic E-state index is 0.612. The van der Waals surface area contributed by atoms with E-state index in [0.717, 1.165) is 16.9 Å². The van der Waals surface area contributed by atoms with Gasteiger partial charge in [-0.3, -0.25) is 0 Å². The fourth-order valence-corrected chi connectivity index (χ4v) is 1.79. The lowest BCUT2D eigenvalue weighted by Crippen LogP contribution is -2.27. The Bertz CT molecular complexity index is 267. The quantitative estimate of drug-likeness (QED) is 0.429. The molecule has 0 aromatic carbocycles. The number of halogens is 1. The van der Waals surface area contributed by atoms with Crippen LogP contribution in [0.4, 0.5) is 0 Å². The maximum absolute atomic E-state index is 11.1. The fourth-order valence-electron chi connectivity index (χ4n) is 0.754. The summed E-state index contributed by atoms with van der Waals surface area (Å²) >= 11 is 7.26. The summed E-state index contributed by atoms with van der Waals surface area (Å²) in [6, 6.07) is 3.28. The number of aromatic nitrogens is 1. The SMILES string of the molecule is CCCSc1cc(Cl)cc[n+]1[O-]. The summed E-state index contributed by atoms with van der Waals surface area (Å²) in [4.78, 5) is 0. The van der Waals surface area contributed by atoms with Gasteiger partial charge in [-0.05, 0) is 6.42 Å². The monoisotopic (exact) mass is 203 g/mol. The van der Waals surface area contributed by atoms with Gasteiger partial charge in [0.1, 0.15) is 0 Å². The normalized spacial score (nSPS) is 10.2. The van der Waals surface area contributed by atoms with Crippen LogP contribution in [0.25, 0.3) is 0 Å². The van der Waals surface area contributed by atoms with E-state index in [-0.39, 0.29) is 0 Å². The molecule has 1 rings (SSSR count). The lowest BCUT2D eigenvalue weighted by atomic mass is 10.5. The third kappa shape index (κ3) is 2.57. The summed E-state index contributed by atoms with van der Waals surface area (Å²) in [6.07, 6.45) is 2.48. The van der Waals surface area contributed by atoms with Crippen molar-refractivity contribution in [3.8, 4) is 0 Å². The van der Waals surface area contributed by atoms with Crippen molar-refractivity contribution in [2.75, 3.05) is 5.75 Å². The second kappa shape index (κ2) is 4.58. The van der Waals surface area contributed by atoms with Crippen molar-refractivity contribution in [1.82, 2.24) is 0 Å². The predicted octanol–water partition coefficient (Wildman–Crippen LogP) is 2.48. The second-order valence-corrected chi connectivity index (χ2v) is 3.91. The lowest BCUT2D eigenvalue weighted by molar-refractivity contribution is -0.645. The minimum Gasteiger partial charge on any atom is -0.618 e. The third-order valence-corrected chi connectivity index (χ3v) is 2.74. The van der Waals surface area contributed by atoms with Crippen molar-refractivity contribution >= 4 is 23.4 Å². The number of nitrogens with zero attached hydrogens (tertiary/aromatic N) is 1. The van der Waals surface area contributed by atoms with Crippen LogP contribution in [0.1, 0.15) is 13.3 Å². The maximum Gasteiger partial charge on any atom is 0.252 e. The summed E-state index contributed by atoms with van der Waals surface area (Å²) < 4.78 is 0.839. The van der Waals surface area contributed by atoms with Crippen LogP contribution in [-0.4, -0.2) is 5.75 Å². The fraction of sp³-hybridized carbons (Fsp3) is 0.375. The van der Waals surface area contributed by atoms with E-state index in [9.17, 15) is 5.21 Å². The molecule has 4 heteroatoms. The zero-order valence-electron chi connectivity index (χ0n) is 6.79. The predicted molar refractivity (Wildman–Crippen MR) is 51.4 cm³/mol. The van der Waals surface area contributed by atoms with E-state index in [1.165, 1.54) is 18.0 Å². The first-order valence-electron chi connectivity index (χ1n) is 3.75. The smallest absolute Gasteiger partial charge is 0.252 e. The molecule has 1 aromatic rings. The number of thioether (sulfide) groups is 1. The molecule has 0 aliphatic rings. The first kappa shape index (κ1) is 9.68. The van der Waals surface area contributed by atoms with Gasteiger partial charge in [-0.2, -0.15) is 4.73 Å². The number of pyridine rings is 1. The molecule has 0 atom stereocenters. The third-order valence-electron chi connectivity index (χ3n) is 1.30.